The molecular formula is C11H26N2. The maximum atomic E-state index is 3.39. The molecule has 0 aromatic rings. The first-order valence-corrected chi connectivity index (χ1v) is 5.67. The fourth-order valence-electron chi connectivity index (χ4n) is 1.59. The first-order valence-electron chi connectivity index (χ1n) is 5.67. The lowest BCUT2D eigenvalue weighted by molar-refractivity contribution is 0.246. The summed E-state index contributed by atoms with van der Waals surface area (Å²) in [4.78, 5) is 2.53. The Kier molecular flexibility index (Phi) is 8.46. The second-order valence-electron chi connectivity index (χ2n) is 3.81. The van der Waals surface area contributed by atoms with Gasteiger partial charge in [0.1, 0.15) is 0 Å². The van der Waals surface area contributed by atoms with Crippen molar-refractivity contribution < 1.29 is 0 Å². The van der Waals surface area contributed by atoms with Gasteiger partial charge in [-0.2, -0.15) is 0 Å². The molecule has 0 bridgehead atoms. The Morgan fingerprint density at radius 2 is 1.92 bits per heavy atom. The van der Waals surface area contributed by atoms with Gasteiger partial charge in [-0.1, -0.05) is 27.7 Å². The van der Waals surface area contributed by atoms with Gasteiger partial charge in [-0.05, 0) is 38.5 Å². The molecule has 0 fully saturated rings. The Hall–Kier alpha value is -0.0800. The Labute approximate surface area is 83.7 Å². The van der Waals surface area contributed by atoms with Crippen molar-refractivity contribution in [3.8, 4) is 0 Å². The summed E-state index contributed by atoms with van der Waals surface area (Å²) in [6.07, 6.45) is 1.27. The van der Waals surface area contributed by atoms with Crippen molar-refractivity contribution in [2.24, 2.45) is 5.92 Å². The molecule has 0 aliphatic rings. The van der Waals surface area contributed by atoms with Crippen LogP contribution < -0.4 is 5.32 Å². The molecule has 0 heterocycles. The molecule has 0 aliphatic carbocycles. The fraction of sp³-hybridized carbons (Fsp3) is 1.00. The van der Waals surface area contributed by atoms with E-state index in [9.17, 15) is 0 Å². The molecule has 0 amide bonds. The molecule has 0 saturated heterocycles. The molecule has 0 spiro atoms. The summed E-state index contributed by atoms with van der Waals surface area (Å²) in [6, 6.07) is 0. The van der Waals surface area contributed by atoms with Gasteiger partial charge in [0, 0.05) is 6.54 Å². The van der Waals surface area contributed by atoms with Crippen LogP contribution in [-0.2, 0) is 0 Å². The quantitative estimate of drug-likeness (QED) is 0.623. The van der Waals surface area contributed by atoms with Crippen LogP contribution in [0, 0.1) is 5.92 Å². The maximum absolute atomic E-state index is 3.39. The monoisotopic (exact) mass is 186 g/mol. The van der Waals surface area contributed by atoms with Crippen molar-refractivity contribution in [3.05, 3.63) is 0 Å². The zero-order valence-corrected chi connectivity index (χ0v) is 9.77. The molecule has 1 unspecified atom stereocenters. The van der Waals surface area contributed by atoms with E-state index in [0.717, 1.165) is 19.0 Å². The SMILES string of the molecule is CCCN(CC)CC(C)CNCC. The minimum absolute atomic E-state index is 0.770. The lowest BCUT2D eigenvalue weighted by atomic mass is 10.1. The molecule has 0 aromatic heterocycles. The standard InChI is InChI=1S/C11H26N2/c1-5-8-13(7-3)10-11(4)9-12-6-2/h11-12H,5-10H2,1-4H3. The van der Waals surface area contributed by atoms with Gasteiger partial charge >= 0.3 is 0 Å². The highest BCUT2D eigenvalue weighted by atomic mass is 15.1. The van der Waals surface area contributed by atoms with Gasteiger partial charge in [0.2, 0.25) is 0 Å². The average Bonchev–Trinajstić information content (AvgIpc) is 2.14. The summed E-state index contributed by atoms with van der Waals surface area (Å²) in [5.41, 5.74) is 0. The summed E-state index contributed by atoms with van der Waals surface area (Å²) >= 11 is 0. The van der Waals surface area contributed by atoms with Crippen LogP contribution >= 0.6 is 0 Å². The first kappa shape index (κ1) is 12.9. The summed E-state index contributed by atoms with van der Waals surface area (Å²) in [7, 11) is 0. The van der Waals surface area contributed by atoms with Gasteiger partial charge in [-0.3, -0.25) is 0 Å². The van der Waals surface area contributed by atoms with Crippen LogP contribution in [0.2, 0.25) is 0 Å². The molecule has 1 atom stereocenters. The largest absolute Gasteiger partial charge is 0.317 e. The number of hydrogen-bond acceptors (Lipinski definition) is 2. The van der Waals surface area contributed by atoms with E-state index in [1.807, 2.05) is 0 Å². The fourth-order valence-corrected chi connectivity index (χ4v) is 1.59. The van der Waals surface area contributed by atoms with Crippen LogP contribution in [0.15, 0.2) is 0 Å². The van der Waals surface area contributed by atoms with E-state index in [-0.39, 0.29) is 0 Å². The highest BCUT2D eigenvalue weighted by molar-refractivity contribution is 4.62. The Balaban J connectivity index is 3.53. The van der Waals surface area contributed by atoms with Crippen LogP contribution in [0.3, 0.4) is 0 Å². The summed E-state index contributed by atoms with van der Waals surface area (Å²) < 4.78 is 0. The predicted octanol–water partition coefficient (Wildman–Crippen LogP) is 1.96. The molecule has 1 N–H and O–H groups in total. The van der Waals surface area contributed by atoms with Crippen molar-refractivity contribution in [3.63, 3.8) is 0 Å². The van der Waals surface area contributed by atoms with E-state index in [0.29, 0.717) is 0 Å². The third kappa shape index (κ3) is 7.03. The van der Waals surface area contributed by atoms with Crippen LogP contribution in [-0.4, -0.2) is 37.6 Å². The molecule has 2 nitrogen and oxygen atoms in total. The number of nitrogens with zero attached hydrogens (tertiary/aromatic N) is 1. The van der Waals surface area contributed by atoms with Crippen molar-refractivity contribution in [2.75, 3.05) is 32.7 Å². The smallest absolute Gasteiger partial charge is 0.00190 e. The summed E-state index contributed by atoms with van der Waals surface area (Å²) in [5.74, 6) is 0.770. The Morgan fingerprint density at radius 1 is 1.23 bits per heavy atom. The van der Waals surface area contributed by atoms with Gasteiger partial charge in [-0.15, -0.1) is 0 Å². The van der Waals surface area contributed by atoms with Gasteiger partial charge in [-0.25, -0.2) is 0 Å². The zero-order chi connectivity index (χ0) is 10.1. The zero-order valence-electron chi connectivity index (χ0n) is 9.77. The number of rotatable bonds is 8. The van der Waals surface area contributed by atoms with Crippen molar-refractivity contribution in [1.29, 1.82) is 0 Å². The molecule has 80 valence electrons. The van der Waals surface area contributed by atoms with E-state index in [2.05, 4.69) is 37.9 Å². The minimum atomic E-state index is 0.770. The van der Waals surface area contributed by atoms with E-state index in [1.54, 1.807) is 0 Å². The van der Waals surface area contributed by atoms with E-state index >= 15 is 0 Å². The third-order valence-electron chi connectivity index (χ3n) is 2.30. The van der Waals surface area contributed by atoms with E-state index < -0.39 is 0 Å². The van der Waals surface area contributed by atoms with Crippen LogP contribution in [0.25, 0.3) is 0 Å². The molecule has 0 aliphatic heterocycles. The molecular weight excluding hydrogens is 160 g/mol. The van der Waals surface area contributed by atoms with Crippen LogP contribution in [0.4, 0.5) is 0 Å². The molecule has 0 radical (unpaired) electrons. The number of nitrogens with one attached hydrogen (secondary N) is 1. The Morgan fingerprint density at radius 3 is 2.38 bits per heavy atom. The highest BCUT2D eigenvalue weighted by Crippen LogP contribution is 1.99. The average molecular weight is 186 g/mol. The first-order chi connectivity index (χ1) is 6.24. The molecule has 2 heteroatoms. The predicted molar refractivity (Wildman–Crippen MR) is 60.1 cm³/mol. The summed E-state index contributed by atoms with van der Waals surface area (Å²) in [5, 5.41) is 3.39. The van der Waals surface area contributed by atoms with Crippen LogP contribution in [0.5, 0.6) is 0 Å². The van der Waals surface area contributed by atoms with Crippen molar-refractivity contribution in [1.82, 2.24) is 10.2 Å². The highest BCUT2D eigenvalue weighted by Gasteiger charge is 2.06. The van der Waals surface area contributed by atoms with Gasteiger partial charge in [0.05, 0.1) is 0 Å². The Bertz CT molecular complexity index is 104. The van der Waals surface area contributed by atoms with Gasteiger partial charge < -0.3 is 10.2 Å². The van der Waals surface area contributed by atoms with Gasteiger partial charge in [0.15, 0.2) is 0 Å². The maximum Gasteiger partial charge on any atom is 0.00190 e. The van der Waals surface area contributed by atoms with Crippen molar-refractivity contribution >= 4 is 0 Å². The van der Waals surface area contributed by atoms with E-state index in [1.165, 1.54) is 26.1 Å². The second kappa shape index (κ2) is 8.52. The van der Waals surface area contributed by atoms with Crippen LogP contribution in [0.1, 0.15) is 34.1 Å². The van der Waals surface area contributed by atoms with E-state index in [4.69, 9.17) is 0 Å². The second-order valence-corrected chi connectivity index (χ2v) is 3.81. The normalized spacial score (nSPS) is 13.6. The van der Waals surface area contributed by atoms with Crippen molar-refractivity contribution in [2.45, 2.75) is 34.1 Å². The molecule has 13 heavy (non-hydrogen) atoms. The minimum Gasteiger partial charge on any atom is -0.317 e. The number of hydrogen-bond donors (Lipinski definition) is 1. The van der Waals surface area contributed by atoms with Gasteiger partial charge in [0.25, 0.3) is 0 Å². The lowest BCUT2D eigenvalue weighted by Gasteiger charge is -2.23. The molecule has 0 saturated carbocycles. The molecule has 0 aromatic carbocycles. The summed E-state index contributed by atoms with van der Waals surface area (Å²) in [6.45, 7) is 14.9. The third-order valence-corrected chi connectivity index (χ3v) is 2.30. The lowest BCUT2D eigenvalue weighted by Crippen LogP contribution is -2.33. The molecule has 0 rings (SSSR count). The topological polar surface area (TPSA) is 15.3 Å².